The van der Waals surface area contributed by atoms with Crippen LogP contribution >= 0.6 is 0 Å². The second-order valence-electron chi connectivity index (χ2n) is 5.59. The molecule has 4 atom stereocenters. The summed E-state index contributed by atoms with van der Waals surface area (Å²) in [4.78, 5) is 26.3. The van der Waals surface area contributed by atoms with E-state index in [1.54, 1.807) is 0 Å². The number of hydrogen-bond acceptors (Lipinski definition) is 3. The van der Waals surface area contributed by atoms with Crippen LogP contribution in [0, 0.1) is 11.8 Å². The average Bonchev–Trinajstić information content (AvgIpc) is 3.10. The van der Waals surface area contributed by atoms with Crippen molar-refractivity contribution >= 4 is 11.8 Å². The van der Waals surface area contributed by atoms with E-state index in [9.17, 15) is 9.59 Å². The lowest BCUT2D eigenvalue weighted by Crippen LogP contribution is -2.33. The van der Waals surface area contributed by atoms with Crippen molar-refractivity contribution in [1.82, 2.24) is 4.90 Å². The molecule has 4 nitrogen and oxygen atoms in total. The molecule has 3 aliphatic heterocycles. The standard InChI is InChI=1S/C15H15NO3/c17-14-12-10-6-7-11(19-10)13(12)15(18)16(14)8-9-4-2-1-3-5-9/h1-5,10-13H,6-8H2/t10-,11+,12-,13+. The number of carbonyl (C=O) groups is 2. The molecule has 0 aromatic heterocycles. The van der Waals surface area contributed by atoms with Crippen molar-refractivity contribution in [2.75, 3.05) is 0 Å². The maximum atomic E-state index is 12.4. The Kier molecular flexibility index (Phi) is 2.30. The molecule has 3 saturated heterocycles. The molecular formula is C15H15NO3. The van der Waals surface area contributed by atoms with Gasteiger partial charge in [-0.1, -0.05) is 30.3 Å². The topological polar surface area (TPSA) is 46.6 Å². The Morgan fingerprint density at radius 1 is 1.00 bits per heavy atom. The van der Waals surface area contributed by atoms with Crippen LogP contribution in [0.25, 0.3) is 0 Å². The van der Waals surface area contributed by atoms with Crippen LogP contribution in [-0.4, -0.2) is 28.9 Å². The average molecular weight is 257 g/mol. The fraction of sp³-hybridized carbons (Fsp3) is 0.467. The summed E-state index contributed by atoms with van der Waals surface area (Å²) >= 11 is 0. The van der Waals surface area contributed by atoms with E-state index in [-0.39, 0.29) is 35.9 Å². The van der Waals surface area contributed by atoms with Crippen molar-refractivity contribution in [2.24, 2.45) is 11.8 Å². The summed E-state index contributed by atoms with van der Waals surface area (Å²) in [7, 11) is 0. The van der Waals surface area contributed by atoms with Gasteiger partial charge in [0.05, 0.1) is 30.6 Å². The SMILES string of the molecule is O=C1[C@@H]2[C@H](C(=O)N1Cc1ccccc1)[C@H]1CC[C@@H]2O1. The number of fused-ring (bicyclic) bond motifs is 5. The van der Waals surface area contributed by atoms with Crippen LogP contribution in [0.15, 0.2) is 30.3 Å². The van der Waals surface area contributed by atoms with Gasteiger partial charge in [-0.3, -0.25) is 14.5 Å². The van der Waals surface area contributed by atoms with Crippen molar-refractivity contribution in [3.05, 3.63) is 35.9 Å². The Morgan fingerprint density at radius 2 is 1.58 bits per heavy atom. The summed E-state index contributed by atoms with van der Waals surface area (Å²) < 4.78 is 5.71. The number of benzene rings is 1. The van der Waals surface area contributed by atoms with Gasteiger partial charge < -0.3 is 4.74 Å². The molecular weight excluding hydrogens is 242 g/mol. The first-order valence-electron chi connectivity index (χ1n) is 6.80. The Morgan fingerprint density at radius 3 is 2.16 bits per heavy atom. The lowest BCUT2D eigenvalue weighted by molar-refractivity contribution is -0.143. The van der Waals surface area contributed by atoms with Gasteiger partial charge in [-0.25, -0.2) is 0 Å². The summed E-state index contributed by atoms with van der Waals surface area (Å²) in [6.45, 7) is 0.394. The molecule has 0 radical (unpaired) electrons. The Balaban J connectivity index is 1.61. The van der Waals surface area contributed by atoms with E-state index < -0.39 is 0 Å². The number of nitrogens with zero attached hydrogens (tertiary/aromatic N) is 1. The molecule has 3 heterocycles. The highest BCUT2D eigenvalue weighted by molar-refractivity contribution is 6.06. The zero-order chi connectivity index (χ0) is 13.0. The molecule has 0 aliphatic carbocycles. The van der Waals surface area contributed by atoms with Crippen molar-refractivity contribution in [2.45, 2.75) is 31.6 Å². The number of ether oxygens (including phenoxy) is 1. The predicted molar refractivity (Wildman–Crippen MR) is 66.9 cm³/mol. The van der Waals surface area contributed by atoms with Gasteiger partial charge in [0, 0.05) is 0 Å². The lowest BCUT2D eigenvalue weighted by Gasteiger charge is -2.17. The number of carbonyl (C=O) groups excluding carboxylic acids is 2. The van der Waals surface area contributed by atoms with E-state index in [0.29, 0.717) is 6.54 Å². The maximum absolute atomic E-state index is 12.4. The van der Waals surface area contributed by atoms with E-state index >= 15 is 0 Å². The molecule has 19 heavy (non-hydrogen) atoms. The van der Waals surface area contributed by atoms with Crippen LogP contribution in [0.1, 0.15) is 18.4 Å². The van der Waals surface area contributed by atoms with Gasteiger partial charge in [0.15, 0.2) is 0 Å². The van der Waals surface area contributed by atoms with Gasteiger partial charge in [-0.2, -0.15) is 0 Å². The molecule has 0 saturated carbocycles. The largest absolute Gasteiger partial charge is 0.373 e. The van der Waals surface area contributed by atoms with Gasteiger partial charge in [-0.05, 0) is 18.4 Å². The lowest BCUT2D eigenvalue weighted by atomic mass is 9.81. The van der Waals surface area contributed by atoms with Crippen LogP contribution < -0.4 is 0 Å². The summed E-state index contributed by atoms with van der Waals surface area (Å²) in [5, 5.41) is 0. The normalized spacial score (nSPS) is 36.1. The van der Waals surface area contributed by atoms with E-state index in [0.717, 1.165) is 18.4 Å². The molecule has 2 amide bonds. The second kappa shape index (κ2) is 3.90. The first-order valence-corrected chi connectivity index (χ1v) is 6.80. The molecule has 4 heteroatoms. The van der Waals surface area contributed by atoms with Gasteiger partial charge in [0.2, 0.25) is 11.8 Å². The summed E-state index contributed by atoms with van der Waals surface area (Å²) in [5.74, 6) is -0.498. The van der Waals surface area contributed by atoms with Gasteiger partial charge >= 0.3 is 0 Å². The first-order chi connectivity index (χ1) is 9.25. The van der Waals surface area contributed by atoms with Crippen molar-refractivity contribution < 1.29 is 14.3 Å². The monoisotopic (exact) mass is 257 g/mol. The fourth-order valence-electron chi connectivity index (χ4n) is 3.70. The van der Waals surface area contributed by atoms with Crippen molar-refractivity contribution in [3.63, 3.8) is 0 Å². The second-order valence-corrected chi connectivity index (χ2v) is 5.59. The number of hydrogen-bond donors (Lipinski definition) is 0. The quantitative estimate of drug-likeness (QED) is 0.751. The molecule has 0 unspecified atom stereocenters. The number of amides is 2. The minimum atomic E-state index is -0.213. The third-order valence-electron chi connectivity index (χ3n) is 4.56. The smallest absolute Gasteiger partial charge is 0.236 e. The van der Waals surface area contributed by atoms with E-state index in [1.807, 2.05) is 30.3 Å². The molecule has 1 aromatic carbocycles. The number of imide groups is 1. The minimum absolute atomic E-state index is 0.0211. The maximum Gasteiger partial charge on any atom is 0.236 e. The van der Waals surface area contributed by atoms with Gasteiger partial charge in [-0.15, -0.1) is 0 Å². The highest BCUT2D eigenvalue weighted by Crippen LogP contribution is 2.48. The molecule has 1 aromatic rings. The predicted octanol–water partition coefficient (Wildman–Crippen LogP) is 1.35. The number of rotatable bonds is 2. The van der Waals surface area contributed by atoms with E-state index in [2.05, 4.69) is 0 Å². The van der Waals surface area contributed by atoms with Gasteiger partial charge in [0.25, 0.3) is 0 Å². The van der Waals surface area contributed by atoms with Crippen LogP contribution in [0.2, 0.25) is 0 Å². The Hall–Kier alpha value is -1.68. The first kappa shape index (κ1) is 11.2. The van der Waals surface area contributed by atoms with Crippen LogP contribution in [0.4, 0.5) is 0 Å². The van der Waals surface area contributed by atoms with Crippen molar-refractivity contribution in [1.29, 1.82) is 0 Å². The fourth-order valence-corrected chi connectivity index (χ4v) is 3.70. The zero-order valence-electron chi connectivity index (χ0n) is 10.5. The molecule has 4 rings (SSSR count). The Bertz CT molecular complexity index is 514. The van der Waals surface area contributed by atoms with Crippen LogP contribution in [0.3, 0.4) is 0 Å². The molecule has 0 spiro atoms. The molecule has 3 fully saturated rings. The third kappa shape index (κ3) is 1.49. The highest BCUT2D eigenvalue weighted by atomic mass is 16.5. The van der Waals surface area contributed by atoms with Gasteiger partial charge in [0.1, 0.15) is 0 Å². The number of likely N-dealkylation sites (tertiary alicyclic amines) is 1. The molecule has 3 aliphatic rings. The van der Waals surface area contributed by atoms with E-state index in [1.165, 1.54) is 4.90 Å². The van der Waals surface area contributed by atoms with Crippen LogP contribution in [0.5, 0.6) is 0 Å². The highest BCUT2D eigenvalue weighted by Gasteiger charge is 2.62. The molecule has 0 N–H and O–H groups in total. The van der Waals surface area contributed by atoms with E-state index in [4.69, 9.17) is 4.74 Å². The van der Waals surface area contributed by atoms with Crippen molar-refractivity contribution in [3.8, 4) is 0 Å². The summed E-state index contributed by atoms with van der Waals surface area (Å²) in [5.41, 5.74) is 0.998. The molecule has 2 bridgehead atoms. The summed E-state index contributed by atoms with van der Waals surface area (Å²) in [6.07, 6.45) is 1.80. The third-order valence-corrected chi connectivity index (χ3v) is 4.56. The summed E-state index contributed by atoms with van der Waals surface area (Å²) in [6, 6.07) is 9.67. The zero-order valence-corrected chi connectivity index (χ0v) is 10.5. The molecule has 98 valence electrons. The van der Waals surface area contributed by atoms with Crippen LogP contribution in [-0.2, 0) is 20.9 Å². The Labute approximate surface area is 111 Å². The minimum Gasteiger partial charge on any atom is -0.373 e.